The summed E-state index contributed by atoms with van der Waals surface area (Å²) in [5.74, 6) is 0. The van der Waals surface area contributed by atoms with Crippen LogP contribution in [0.3, 0.4) is 0 Å². The Morgan fingerprint density at radius 3 is 2.42 bits per heavy atom. The van der Waals surface area contributed by atoms with Gasteiger partial charge in [0.05, 0.1) is 0 Å². The molecular formula is C7H15NO3S. The van der Waals surface area contributed by atoms with E-state index in [1.165, 1.54) is 0 Å². The SMILES string of the molecule is C[C@@]1(N)CCCC[C@H]1S(=O)(=O)O. The molecular weight excluding hydrogens is 178 g/mol. The smallest absolute Gasteiger partial charge is 0.269 e. The minimum Gasteiger partial charge on any atom is -0.324 e. The van der Waals surface area contributed by atoms with Gasteiger partial charge in [-0.25, -0.2) is 0 Å². The first-order valence-electron chi connectivity index (χ1n) is 4.09. The third kappa shape index (κ3) is 1.97. The van der Waals surface area contributed by atoms with Crippen LogP contribution in [0.25, 0.3) is 0 Å². The molecule has 0 aromatic carbocycles. The molecule has 72 valence electrons. The first kappa shape index (κ1) is 9.95. The zero-order chi connectivity index (χ0) is 9.41. The second-order valence-electron chi connectivity index (χ2n) is 3.76. The zero-order valence-electron chi connectivity index (χ0n) is 7.16. The van der Waals surface area contributed by atoms with Gasteiger partial charge < -0.3 is 5.73 Å². The van der Waals surface area contributed by atoms with Crippen molar-refractivity contribution in [2.45, 2.75) is 43.4 Å². The number of nitrogens with two attached hydrogens (primary N) is 1. The maximum Gasteiger partial charge on any atom is 0.269 e. The van der Waals surface area contributed by atoms with E-state index in [4.69, 9.17) is 10.3 Å². The van der Waals surface area contributed by atoms with Crippen LogP contribution in [0.2, 0.25) is 0 Å². The van der Waals surface area contributed by atoms with Crippen molar-refractivity contribution in [3.63, 3.8) is 0 Å². The molecule has 0 aliphatic heterocycles. The van der Waals surface area contributed by atoms with Gasteiger partial charge in [0.25, 0.3) is 10.1 Å². The van der Waals surface area contributed by atoms with E-state index < -0.39 is 20.9 Å². The summed E-state index contributed by atoms with van der Waals surface area (Å²) in [6.07, 6.45) is 2.92. The molecule has 1 aliphatic carbocycles. The zero-order valence-corrected chi connectivity index (χ0v) is 7.97. The van der Waals surface area contributed by atoms with Crippen LogP contribution >= 0.6 is 0 Å². The maximum absolute atomic E-state index is 10.9. The fourth-order valence-corrected chi connectivity index (χ4v) is 3.08. The molecule has 0 radical (unpaired) electrons. The first-order valence-corrected chi connectivity index (χ1v) is 5.59. The lowest BCUT2D eigenvalue weighted by molar-refractivity contribution is 0.307. The Morgan fingerprint density at radius 2 is 2.08 bits per heavy atom. The molecule has 1 rings (SSSR count). The lowest BCUT2D eigenvalue weighted by atomic mass is 9.84. The molecule has 1 aliphatic rings. The van der Waals surface area contributed by atoms with E-state index in [0.717, 1.165) is 12.8 Å². The van der Waals surface area contributed by atoms with Crippen molar-refractivity contribution in [3.05, 3.63) is 0 Å². The molecule has 4 nitrogen and oxygen atoms in total. The van der Waals surface area contributed by atoms with E-state index in [1.807, 2.05) is 0 Å². The van der Waals surface area contributed by atoms with Crippen molar-refractivity contribution in [2.24, 2.45) is 5.73 Å². The van der Waals surface area contributed by atoms with Gasteiger partial charge in [-0.15, -0.1) is 0 Å². The van der Waals surface area contributed by atoms with Crippen molar-refractivity contribution in [1.82, 2.24) is 0 Å². The van der Waals surface area contributed by atoms with Crippen LogP contribution in [-0.2, 0) is 10.1 Å². The lowest BCUT2D eigenvalue weighted by Gasteiger charge is -2.35. The summed E-state index contributed by atoms with van der Waals surface area (Å²) in [6.45, 7) is 1.69. The molecule has 12 heavy (non-hydrogen) atoms. The molecule has 1 fully saturated rings. The molecule has 0 aromatic heterocycles. The Labute approximate surface area is 72.9 Å². The normalized spacial score (nSPS) is 38.1. The highest BCUT2D eigenvalue weighted by molar-refractivity contribution is 7.86. The summed E-state index contributed by atoms with van der Waals surface area (Å²) < 4.78 is 30.6. The second-order valence-corrected chi connectivity index (χ2v) is 5.35. The predicted molar refractivity (Wildman–Crippen MR) is 46.4 cm³/mol. The number of rotatable bonds is 1. The van der Waals surface area contributed by atoms with E-state index in [9.17, 15) is 8.42 Å². The van der Waals surface area contributed by atoms with Gasteiger partial charge in [0.1, 0.15) is 5.25 Å². The van der Waals surface area contributed by atoms with E-state index in [2.05, 4.69) is 0 Å². The Bertz CT molecular complexity index is 258. The molecule has 0 unspecified atom stereocenters. The minimum absolute atomic E-state index is 0.478. The third-order valence-electron chi connectivity index (χ3n) is 2.53. The fraction of sp³-hybridized carbons (Fsp3) is 1.00. The topological polar surface area (TPSA) is 80.4 Å². The maximum atomic E-state index is 10.9. The molecule has 0 spiro atoms. The highest BCUT2D eigenvalue weighted by atomic mass is 32.2. The highest BCUT2D eigenvalue weighted by Crippen LogP contribution is 2.30. The molecule has 0 saturated heterocycles. The summed E-state index contributed by atoms with van der Waals surface area (Å²) in [6, 6.07) is 0. The summed E-state index contributed by atoms with van der Waals surface area (Å²) in [4.78, 5) is 0. The predicted octanol–water partition coefficient (Wildman–Crippen LogP) is 0.534. The van der Waals surface area contributed by atoms with Gasteiger partial charge in [-0.3, -0.25) is 4.55 Å². The van der Waals surface area contributed by atoms with E-state index >= 15 is 0 Å². The van der Waals surface area contributed by atoms with Gasteiger partial charge in [0.15, 0.2) is 0 Å². The fourth-order valence-electron chi connectivity index (χ4n) is 1.82. The molecule has 0 amide bonds. The standard InChI is InChI=1S/C7H15NO3S/c1-7(8)5-3-2-4-6(7)12(9,10)11/h6H,2-5,8H2,1H3,(H,9,10,11)/t6-,7-/m1/s1. The number of hydrogen-bond acceptors (Lipinski definition) is 3. The summed E-state index contributed by atoms with van der Waals surface area (Å²) in [5, 5.41) is -0.779. The first-order chi connectivity index (χ1) is 5.34. The van der Waals surface area contributed by atoms with Gasteiger partial charge in [-0.1, -0.05) is 12.8 Å². The molecule has 1 saturated carbocycles. The van der Waals surface area contributed by atoms with Gasteiger partial charge in [-0.2, -0.15) is 8.42 Å². The molecule has 2 atom stereocenters. The van der Waals surface area contributed by atoms with Crippen molar-refractivity contribution in [3.8, 4) is 0 Å². The van der Waals surface area contributed by atoms with E-state index in [-0.39, 0.29) is 0 Å². The minimum atomic E-state index is -3.96. The van der Waals surface area contributed by atoms with Crippen LogP contribution in [0.4, 0.5) is 0 Å². The lowest BCUT2D eigenvalue weighted by Crippen LogP contribution is -2.53. The van der Waals surface area contributed by atoms with E-state index in [0.29, 0.717) is 12.8 Å². The van der Waals surface area contributed by atoms with Crippen LogP contribution in [0.15, 0.2) is 0 Å². The average molecular weight is 193 g/mol. The van der Waals surface area contributed by atoms with Crippen molar-refractivity contribution >= 4 is 10.1 Å². The Hall–Kier alpha value is -0.130. The van der Waals surface area contributed by atoms with Crippen molar-refractivity contribution < 1.29 is 13.0 Å². The molecule has 0 bridgehead atoms. The quantitative estimate of drug-likeness (QED) is 0.595. The van der Waals surface area contributed by atoms with Gasteiger partial charge in [0.2, 0.25) is 0 Å². The summed E-state index contributed by atoms with van der Waals surface area (Å²) in [5.41, 5.74) is 5.01. The highest BCUT2D eigenvalue weighted by Gasteiger charge is 2.40. The monoisotopic (exact) mass is 193 g/mol. The third-order valence-corrected chi connectivity index (χ3v) is 4.02. The van der Waals surface area contributed by atoms with Crippen LogP contribution in [0.5, 0.6) is 0 Å². The Balaban J connectivity index is 2.88. The molecule has 0 heterocycles. The number of hydrogen-bond donors (Lipinski definition) is 2. The van der Waals surface area contributed by atoms with Crippen molar-refractivity contribution in [2.75, 3.05) is 0 Å². The van der Waals surface area contributed by atoms with E-state index in [1.54, 1.807) is 6.92 Å². The molecule has 3 N–H and O–H groups in total. The Morgan fingerprint density at radius 1 is 1.50 bits per heavy atom. The summed E-state index contributed by atoms with van der Waals surface area (Å²) in [7, 11) is -3.96. The Kier molecular flexibility index (Phi) is 2.47. The second kappa shape index (κ2) is 2.97. The largest absolute Gasteiger partial charge is 0.324 e. The van der Waals surface area contributed by atoms with Crippen molar-refractivity contribution in [1.29, 1.82) is 0 Å². The average Bonchev–Trinajstić information content (AvgIpc) is 1.83. The van der Waals surface area contributed by atoms with Crippen LogP contribution in [0.1, 0.15) is 32.6 Å². The van der Waals surface area contributed by atoms with Crippen LogP contribution in [0, 0.1) is 0 Å². The molecule has 5 heteroatoms. The molecule has 0 aromatic rings. The van der Waals surface area contributed by atoms with Crippen LogP contribution in [-0.4, -0.2) is 23.8 Å². The van der Waals surface area contributed by atoms with Crippen LogP contribution < -0.4 is 5.73 Å². The summed E-state index contributed by atoms with van der Waals surface area (Å²) >= 11 is 0. The van der Waals surface area contributed by atoms with Gasteiger partial charge in [-0.05, 0) is 19.8 Å². The van der Waals surface area contributed by atoms with Gasteiger partial charge in [0, 0.05) is 5.54 Å². The van der Waals surface area contributed by atoms with Gasteiger partial charge >= 0.3 is 0 Å².